The number of rotatable bonds is 4. The fourth-order valence-electron chi connectivity index (χ4n) is 1.59. The highest BCUT2D eigenvalue weighted by atomic mass is 32.2. The molecule has 0 spiro atoms. The molecule has 0 atom stereocenters. The number of anilines is 2. The van der Waals surface area contributed by atoms with Crippen LogP contribution in [0.3, 0.4) is 0 Å². The number of thioether (sulfide) groups is 1. The first-order valence-corrected chi connectivity index (χ1v) is 6.57. The van der Waals surface area contributed by atoms with Crippen molar-refractivity contribution in [2.75, 3.05) is 11.6 Å². The van der Waals surface area contributed by atoms with Crippen LogP contribution in [-0.4, -0.2) is 11.2 Å². The van der Waals surface area contributed by atoms with Gasteiger partial charge in [0, 0.05) is 16.6 Å². The van der Waals surface area contributed by atoms with Gasteiger partial charge in [-0.25, -0.2) is 0 Å². The highest BCUT2D eigenvalue weighted by Crippen LogP contribution is 2.28. The van der Waals surface area contributed by atoms with Crippen molar-refractivity contribution in [2.24, 2.45) is 0 Å². The van der Waals surface area contributed by atoms with Gasteiger partial charge in [-0.1, -0.05) is 18.2 Å². The zero-order valence-electron chi connectivity index (χ0n) is 9.79. The summed E-state index contributed by atoms with van der Waals surface area (Å²) in [6, 6.07) is 14.4. The maximum Gasteiger partial charge on any atom is 0.292 e. The summed E-state index contributed by atoms with van der Waals surface area (Å²) < 4.78 is 0. The van der Waals surface area contributed by atoms with Crippen LogP contribution in [0.1, 0.15) is 0 Å². The van der Waals surface area contributed by atoms with E-state index >= 15 is 0 Å². The SMILES string of the molecule is CSc1cccc(Nc2ccccc2[N+](=O)[O-])c1. The number of para-hydroxylation sites is 2. The largest absolute Gasteiger partial charge is 0.350 e. The lowest BCUT2D eigenvalue weighted by atomic mass is 10.2. The summed E-state index contributed by atoms with van der Waals surface area (Å²) in [6.07, 6.45) is 1.99. The van der Waals surface area contributed by atoms with Gasteiger partial charge in [0.1, 0.15) is 5.69 Å². The van der Waals surface area contributed by atoms with Gasteiger partial charge in [-0.15, -0.1) is 11.8 Å². The van der Waals surface area contributed by atoms with Crippen molar-refractivity contribution < 1.29 is 4.92 Å². The van der Waals surface area contributed by atoms with E-state index in [1.165, 1.54) is 6.07 Å². The zero-order chi connectivity index (χ0) is 13.0. The Balaban J connectivity index is 2.31. The summed E-state index contributed by atoms with van der Waals surface area (Å²) in [6.45, 7) is 0. The zero-order valence-corrected chi connectivity index (χ0v) is 10.6. The Hall–Kier alpha value is -2.01. The lowest BCUT2D eigenvalue weighted by Gasteiger charge is -2.07. The number of nitro groups is 1. The van der Waals surface area contributed by atoms with Crippen molar-refractivity contribution in [2.45, 2.75) is 4.90 Å². The maximum atomic E-state index is 10.9. The summed E-state index contributed by atoms with van der Waals surface area (Å²) in [5.74, 6) is 0. The predicted octanol–water partition coefficient (Wildman–Crippen LogP) is 4.06. The number of nitrogens with zero attached hydrogens (tertiary/aromatic N) is 1. The molecule has 0 aromatic heterocycles. The van der Waals surface area contributed by atoms with Crippen molar-refractivity contribution in [1.82, 2.24) is 0 Å². The van der Waals surface area contributed by atoms with Crippen molar-refractivity contribution >= 4 is 28.8 Å². The number of hydrogen-bond acceptors (Lipinski definition) is 4. The predicted molar refractivity (Wildman–Crippen MR) is 74.6 cm³/mol. The molecule has 5 heteroatoms. The van der Waals surface area contributed by atoms with Crippen molar-refractivity contribution in [3.63, 3.8) is 0 Å². The lowest BCUT2D eigenvalue weighted by Crippen LogP contribution is -1.96. The molecule has 0 amide bonds. The van der Waals surface area contributed by atoms with E-state index in [1.54, 1.807) is 30.0 Å². The summed E-state index contributed by atoms with van der Waals surface area (Å²) in [7, 11) is 0. The van der Waals surface area contributed by atoms with Gasteiger partial charge >= 0.3 is 0 Å². The van der Waals surface area contributed by atoms with Gasteiger partial charge in [0.25, 0.3) is 5.69 Å². The Morgan fingerprint density at radius 1 is 1.17 bits per heavy atom. The molecule has 0 bridgehead atoms. The van der Waals surface area contributed by atoms with E-state index in [0.717, 1.165) is 10.6 Å². The first kappa shape index (κ1) is 12.4. The van der Waals surface area contributed by atoms with E-state index in [0.29, 0.717) is 5.69 Å². The molecule has 0 fully saturated rings. The Bertz CT molecular complexity index is 572. The van der Waals surface area contributed by atoms with Crippen LogP contribution in [0, 0.1) is 10.1 Å². The van der Waals surface area contributed by atoms with Crippen molar-refractivity contribution in [3.8, 4) is 0 Å². The molecule has 18 heavy (non-hydrogen) atoms. The smallest absolute Gasteiger partial charge is 0.292 e. The van der Waals surface area contributed by atoms with Crippen LogP contribution in [0.4, 0.5) is 17.1 Å². The Morgan fingerprint density at radius 2 is 1.94 bits per heavy atom. The molecule has 4 nitrogen and oxygen atoms in total. The fourth-order valence-corrected chi connectivity index (χ4v) is 2.05. The molecule has 0 saturated heterocycles. The van der Waals surface area contributed by atoms with Crippen LogP contribution in [-0.2, 0) is 0 Å². The van der Waals surface area contributed by atoms with Gasteiger partial charge in [0.05, 0.1) is 4.92 Å². The average Bonchev–Trinajstić information content (AvgIpc) is 2.39. The molecule has 0 aliphatic rings. The number of benzene rings is 2. The summed E-state index contributed by atoms with van der Waals surface area (Å²) in [5.41, 5.74) is 1.42. The van der Waals surface area contributed by atoms with Gasteiger partial charge in [-0.05, 0) is 30.5 Å². The first-order valence-electron chi connectivity index (χ1n) is 5.35. The maximum absolute atomic E-state index is 10.9. The minimum atomic E-state index is -0.388. The summed E-state index contributed by atoms with van der Waals surface area (Å²) in [5, 5.41) is 14.0. The molecule has 0 aliphatic carbocycles. The first-order chi connectivity index (χ1) is 8.70. The number of nitrogens with one attached hydrogen (secondary N) is 1. The van der Waals surface area contributed by atoms with E-state index in [2.05, 4.69) is 5.32 Å². The van der Waals surface area contributed by atoms with Gasteiger partial charge in [0.15, 0.2) is 0 Å². The molecule has 1 N–H and O–H groups in total. The topological polar surface area (TPSA) is 55.2 Å². The number of hydrogen-bond donors (Lipinski definition) is 1. The molecule has 0 radical (unpaired) electrons. The van der Waals surface area contributed by atoms with Gasteiger partial charge < -0.3 is 5.32 Å². The van der Waals surface area contributed by atoms with E-state index in [-0.39, 0.29) is 10.6 Å². The van der Waals surface area contributed by atoms with E-state index < -0.39 is 0 Å². The summed E-state index contributed by atoms with van der Waals surface area (Å²) >= 11 is 1.63. The van der Waals surface area contributed by atoms with Crippen LogP contribution in [0.5, 0.6) is 0 Å². The molecule has 2 rings (SSSR count). The molecule has 0 saturated carbocycles. The quantitative estimate of drug-likeness (QED) is 0.511. The second-order valence-corrected chi connectivity index (χ2v) is 4.51. The third kappa shape index (κ3) is 2.81. The number of nitro benzene ring substituents is 1. The standard InChI is InChI=1S/C13H12N2O2S/c1-18-11-6-4-5-10(9-11)14-12-7-2-3-8-13(12)15(16)17/h2-9,14H,1H3. The van der Waals surface area contributed by atoms with Crippen LogP contribution in [0.15, 0.2) is 53.4 Å². The van der Waals surface area contributed by atoms with E-state index in [9.17, 15) is 10.1 Å². The molecule has 0 unspecified atom stereocenters. The molecular formula is C13H12N2O2S. The monoisotopic (exact) mass is 260 g/mol. The van der Waals surface area contributed by atoms with E-state index in [1.807, 2.05) is 30.5 Å². The average molecular weight is 260 g/mol. The molecule has 0 aliphatic heterocycles. The van der Waals surface area contributed by atoms with E-state index in [4.69, 9.17) is 0 Å². The normalized spacial score (nSPS) is 10.1. The second kappa shape index (κ2) is 5.55. The van der Waals surface area contributed by atoms with Gasteiger partial charge in [0.2, 0.25) is 0 Å². The Kier molecular flexibility index (Phi) is 3.84. The van der Waals surface area contributed by atoms with Gasteiger partial charge in [-0.3, -0.25) is 10.1 Å². The van der Waals surface area contributed by atoms with Crippen molar-refractivity contribution in [1.29, 1.82) is 0 Å². The fraction of sp³-hybridized carbons (Fsp3) is 0.0769. The molecule has 0 heterocycles. The van der Waals surface area contributed by atoms with Crippen molar-refractivity contribution in [3.05, 3.63) is 58.6 Å². The summed E-state index contributed by atoms with van der Waals surface area (Å²) in [4.78, 5) is 11.6. The van der Waals surface area contributed by atoms with Gasteiger partial charge in [-0.2, -0.15) is 0 Å². The molecule has 92 valence electrons. The molecular weight excluding hydrogens is 248 g/mol. The highest BCUT2D eigenvalue weighted by molar-refractivity contribution is 7.98. The lowest BCUT2D eigenvalue weighted by molar-refractivity contribution is -0.383. The minimum absolute atomic E-state index is 0.0760. The van der Waals surface area contributed by atoms with Crippen LogP contribution in [0.2, 0.25) is 0 Å². The Labute approximate surface area is 109 Å². The highest BCUT2D eigenvalue weighted by Gasteiger charge is 2.12. The van der Waals surface area contributed by atoms with Crippen LogP contribution in [0.25, 0.3) is 0 Å². The molecule has 2 aromatic rings. The minimum Gasteiger partial charge on any atom is -0.350 e. The van der Waals surface area contributed by atoms with Crippen LogP contribution < -0.4 is 5.32 Å². The Morgan fingerprint density at radius 3 is 2.67 bits per heavy atom. The third-order valence-electron chi connectivity index (χ3n) is 2.45. The second-order valence-electron chi connectivity index (χ2n) is 3.63. The third-order valence-corrected chi connectivity index (χ3v) is 3.17. The molecule has 2 aromatic carbocycles. The van der Waals surface area contributed by atoms with Crippen LogP contribution >= 0.6 is 11.8 Å².